The number of esters is 1. The zero-order chi connectivity index (χ0) is 11.0. The number of aliphatic hydroxyl groups excluding tert-OH is 1. The summed E-state index contributed by atoms with van der Waals surface area (Å²) in [6.45, 7) is 0. The van der Waals surface area contributed by atoms with Gasteiger partial charge in [-0.25, -0.2) is 0 Å². The molecule has 0 bridgehead atoms. The molecule has 1 unspecified atom stereocenters. The number of aliphatic hydroxyl groups is 1. The lowest BCUT2D eigenvalue weighted by Crippen LogP contribution is -3.12. The van der Waals surface area contributed by atoms with Crippen LogP contribution in [0, 0.1) is 58.7 Å². The highest BCUT2D eigenvalue weighted by molar-refractivity contribution is 5.88. The molecule has 6 aliphatic carbocycles. The van der Waals surface area contributed by atoms with E-state index in [2.05, 4.69) is 5.92 Å². The molecule has 82 valence electrons. The lowest BCUT2D eigenvalue weighted by Gasteiger charge is -3.10. The Balaban J connectivity index is 1.55. The molecule has 0 spiro atoms. The van der Waals surface area contributed by atoms with Gasteiger partial charge in [0.2, 0.25) is 0 Å². The summed E-state index contributed by atoms with van der Waals surface area (Å²) in [6, 6.07) is 0. The Labute approximate surface area is 93.2 Å². The number of carbonyl (C=O) groups excluding carboxylic acids is 1. The van der Waals surface area contributed by atoms with Crippen LogP contribution < -0.4 is 0 Å². The number of methoxy groups -OCH3 is 1. The van der Waals surface area contributed by atoms with Crippen LogP contribution in [0.3, 0.4) is 0 Å². The van der Waals surface area contributed by atoms with E-state index in [0.29, 0.717) is 35.5 Å². The minimum atomic E-state index is -0.577. The predicted octanol–water partition coefficient (Wildman–Crippen LogP) is -0.109. The van der Waals surface area contributed by atoms with Crippen LogP contribution in [0.1, 0.15) is 0 Å². The SMILES string of the molecule is C#CC(O)C12C3C4C1C1C2C3C41C(=O)OC. The Morgan fingerprint density at radius 1 is 1.31 bits per heavy atom. The van der Waals surface area contributed by atoms with Gasteiger partial charge in [0.25, 0.3) is 0 Å². The van der Waals surface area contributed by atoms with Crippen molar-refractivity contribution in [1.82, 2.24) is 0 Å². The fourth-order valence-corrected chi connectivity index (χ4v) is 6.89. The molecule has 1 atom stereocenters. The summed E-state index contributed by atoms with van der Waals surface area (Å²) < 4.78 is 4.94. The molecular formula is C13H12O3. The van der Waals surface area contributed by atoms with Crippen molar-refractivity contribution in [2.75, 3.05) is 7.11 Å². The Hall–Kier alpha value is -1.01. The van der Waals surface area contributed by atoms with E-state index in [1.54, 1.807) is 0 Å². The van der Waals surface area contributed by atoms with E-state index in [1.165, 1.54) is 7.11 Å². The molecule has 0 radical (unpaired) electrons. The first-order valence-electron chi connectivity index (χ1n) is 5.92. The Bertz CT molecular complexity index is 446. The second-order valence-corrected chi connectivity index (χ2v) is 6.15. The van der Waals surface area contributed by atoms with Crippen molar-refractivity contribution in [3.05, 3.63) is 0 Å². The average Bonchev–Trinajstić information content (AvgIpc) is 2.36. The van der Waals surface area contributed by atoms with E-state index < -0.39 is 6.10 Å². The van der Waals surface area contributed by atoms with Crippen LogP contribution in [-0.4, -0.2) is 24.3 Å². The highest BCUT2D eigenvalue weighted by Gasteiger charge is 3.12. The Morgan fingerprint density at radius 2 is 1.81 bits per heavy atom. The molecule has 0 amide bonds. The van der Waals surface area contributed by atoms with Gasteiger partial charge in [0.05, 0.1) is 12.5 Å². The minimum Gasteiger partial charge on any atom is -0.469 e. The maximum absolute atomic E-state index is 11.8. The second-order valence-electron chi connectivity index (χ2n) is 6.15. The molecule has 16 heavy (non-hydrogen) atoms. The molecule has 0 saturated heterocycles. The van der Waals surface area contributed by atoms with E-state index in [1.807, 2.05) is 0 Å². The van der Waals surface area contributed by atoms with Gasteiger partial charge in [0.1, 0.15) is 6.10 Å². The van der Waals surface area contributed by atoms with Crippen LogP contribution in [0.5, 0.6) is 0 Å². The summed E-state index contributed by atoms with van der Waals surface area (Å²) >= 11 is 0. The van der Waals surface area contributed by atoms with Gasteiger partial charge < -0.3 is 9.84 Å². The first-order chi connectivity index (χ1) is 7.69. The number of ether oxygens (including phenoxy) is 1. The maximum Gasteiger partial charge on any atom is 0.312 e. The van der Waals surface area contributed by atoms with Crippen LogP contribution in [-0.2, 0) is 9.53 Å². The molecule has 1 N–H and O–H groups in total. The molecule has 6 aliphatic rings. The molecule has 0 aromatic heterocycles. The molecule has 6 rings (SSSR count). The fourth-order valence-electron chi connectivity index (χ4n) is 6.89. The van der Waals surface area contributed by atoms with Crippen LogP contribution in [0.2, 0.25) is 0 Å². The number of rotatable bonds is 2. The molecule has 3 nitrogen and oxygen atoms in total. The Morgan fingerprint density at radius 3 is 2.19 bits per heavy atom. The third-order valence-electron chi connectivity index (χ3n) is 6.88. The molecule has 0 aromatic rings. The van der Waals surface area contributed by atoms with E-state index >= 15 is 0 Å². The van der Waals surface area contributed by atoms with E-state index in [9.17, 15) is 9.90 Å². The molecule has 0 heterocycles. The van der Waals surface area contributed by atoms with Gasteiger partial charge in [0, 0.05) is 5.41 Å². The normalized spacial score (nSPS) is 70.3. The summed E-state index contributed by atoms with van der Waals surface area (Å²) in [7, 11) is 1.48. The average molecular weight is 216 g/mol. The zero-order valence-corrected chi connectivity index (χ0v) is 8.88. The van der Waals surface area contributed by atoms with Gasteiger partial charge in [-0.05, 0) is 35.5 Å². The summed E-state index contributed by atoms with van der Waals surface area (Å²) in [5.41, 5.74) is -0.0602. The smallest absolute Gasteiger partial charge is 0.312 e. The van der Waals surface area contributed by atoms with E-state index in [4.69, 9.17) is 11.2 Å². The third kappa shape index (κ3) is 0.332. The third-order valence-corrected chi connectivity index (χ3v) is 6.88. The van der Waals surface area contributed by atoms with Gasteiger partial charge >= 0.3 is 5.97 Å². The van der Waals surface area contributed by atoms with Crippen LogP contribution >= 0.6 is 0 Å². The van der Waals surface area contributed by atoms with Crippen molar-refractivity contribution in [1.29, 1.82) is 0 Å². The second kappa shape index (κ2) is 1.73. The molecule has 6 saturated carbocycles. The minimum absolute atomic E-state index is 0.000234. The quantitative estimate of drug-likeness (QED) is 0.517. The Kier molecular flexibility index (Phi) is 0.877. The molecular weight excluding hydrogens is 204 g/mol. The summed E-state index contributed by atoms with van der Waals surface area (Å²) in [4.78, 5) is 11.8. The van der Waals surface area contributed by atoms with Crippen LogP contribution in [0.4, 0.5) is 0 Å². The van der Waals surface area contributed by atoms with Gasteiger partial charge in [0.15, 0.2) is 0 Å². The molecule has 3 heteroatoms. The summed E-state index contributed by atoms with van der Waals surface area (Å²) in [6.07, 6.45) is 4.77. The van der Waals surface area contributed by atoms with Crippen molar-refractivity contribution < 1.29 is 14.6 Å². The number of hydrogen-bond donors (Lipinski definition) is 1. The van der Waals surface area contributed by atoms with Gasteiger partial charge in [-0.3, -0.25) is 4.79 Å². The molecule has 6 fully saturated rings. The molecule has 0 aromatic carbocycles. The van der Waals surface area contributed by atoms with Crippen molar-refractivity contribution in [2.24, 2.45) is 46.3 Å². The highest BCUT2D eigenvalue weighted by atomic mass is 16.5. The largest absolute Gasteiger partial charge is 0.469 e. The van der Waals surface area contributed by atoms with Crippen molar-refractivity contribution >= 4 is 5.97 Å². The lowest BCUT2D eigenvalue weighted by molar-refractivity contribution is -0.651. The van der Waals surface area contributed by atoms with E-state index in [0.717, 1.165) is 0 Å². The standard InChI is InChI=1S/C13H12O3/c1-3-4(14)12-5-8-6(12)10-7(12)9(5)13(8,10)11(15)16-2/h1,4-10,14H,2H3. The van der Waals surface area contributed by atoms with Gasteiger partial charge in [-0.1, -0.05) is 5.92 Å². The summed E-state index contributed by atoms with van der Waals surface area (Å²) in [5.74, 6) is 5.62. The van der Waals surface area contributed by atoms with Crippen LogP contribution in [0.25, 0.3) is 0 Å². The van der Waals surface area contributed by atoms with Crippen molar-refractivity contribution in [3.63, 3.8) is 0 Å². The zero-order valence-electron chi connectivity index (χ0n) is 8.88. The lowest BCUT2D eigenvalue weighted by atomic mass is 8.92. The number of terminal acetylenes is 1. The van der Waals surface area contributed by atoms with E-state index in [-0.39, 0.29) is 16.8 Å². The predicted molar refractivity (Wildman–Crippen MR) is 52.7 cm³/mol. The first-order valence-corrected chi connectivity index (χ1v) is 5.92. The van der Waals surface area contributed by atoms with Crippen molar-refractivity contribution in [3.8, 4) is 12.3 Å². The van der Waals surface area contributed by atoms with Crippen molar-refractivity contribution in [2.45, 2.75) is 6.10 Å². The highest BCUT2D eigenvalue weighted by Crippen LogP contribution is 3.10. The monoisotopic (exact) mass is 216 g/mol. The fraction of sp³-hybridized carbons (Fsp3) is 0.769. The topological polar surface area (TPSA) is 46.5 Å². The maximum atomic E-state index is 11.8. The van der Waals surface area contributed by atoms with Gasteiger partial charge in [-0.2, -0.15) is 0 Å². The number of carbonyl (C=O) groups is 1. The first kappa shape index (κ1) is 8.14. The van der Waals surface area contributed by atoms with Gasteiger partial charge in [-0.15, -0.1) is 6.42 Å². The number of hydrogen-bond acceptors (Lipinski definition) is 3. The molecule has 0 aliphatic heterocycles. The van der Waals surface area contributed by atoms with Crippen LogP contribution in [0.15, 0.2) is 0 Å². The summed E-state index contributed by atoms with van der Waals surface area (Å²) in [5, 5.41) is 9.94.